The first kappa shape index (κ1) is 21.0. The van der Waals surface area contributed by atoms with Crippen LogP contribution in [0.1, 0.15) is 29.3 Å². The van der Waals surface area contributed by atoms with Crippen molar-refractivity contribution in [2.24, 2.45) is 0 Å². The average Bonchev–Trinajstić information content (AvgIpc) is 3.31. The highest BCUT2D eigenvalue weighted by molar-refractivity contribution is 7.80. The molecule has 3 N–H and O–H groups in total. The maximum absolute atomic E-state index is 11.6. The van der Waals surface area contributed by atoms with E-state index in [0.29, 0.717) is 10.8 Å². The Hall–Kier alpha value is -3.20. The minimum atomic E-state index is -0.123. The lowest BCUT2D eigenvalue weighted by atomic mass is 9.96. The van der Waals surface area contributed by atoms with Crippen LogP contribution in [0.5, 0.6) is 0 Å². The van der Waals surface area contributed by atoms with E-state index in [-0.39, 0.29) is 22.9 Å². The molecule has 0 unspecified atom stereocenters. The number of anilines is 2. The first-order chi connectivity index (χ1) is 14.9. The van der Waals surface area contributed by atoms with Gasteiger partial charge in [0, 0.05) is 28.9 Å². The van der Waals surface area contributed by atoms with Crippen molar-refractivity contribution in [2.75, 3.05) is 10.5 Å². The zero-order valence-corrected chi connectivity index (χ0v) is 18.1. The highest BCUT2D eigenvalue weighted by atomic mass is 32.1. The number of hydrogen-bond donors (Lipinski definition) is 3. The molecule has 1 aliphatic carbocycles. The van der Waals surface area contributed by atoms with Crippen molar-refractivity contribution in [2.45, 2.75) is 32.2 Å². The van der Waals surface area contributed by atoms with Crippen LogP contribution in [0.4, 0.5) is 11.4 Å². The maximum Gasteiger partial charge on any atom is 0.171 e. The second-order valence-electron chi connectivity index (χ2n) is 7.56. The SMILES string of the molecule is Cc1nn(-c2ccccc2N([O-])O)c(C)c1[C@H]1C=C[C@@H](NC(=S)Nc2ccccc2)C1. The average molecular weight is 435 g/mol. The molecule has 0 spiro atoms. The van der Waals surface area contributed by atoms with Gasteiger partial charge in [-0.2, -0.15) is 5.10 Å². The summed E-state index contributed by atoms with van der Waals surface area (Å²) in [4.78, 5) is 0. The number of nitrogens with one attached hydrogen (secondary N) is 2. The highest BCUT2D eigenvalue weighted by Crippen LogP contribution is 2.35. The van der Waals surface area contributed by atoms with Gasteiger partial charge >= 0.3 is 0 Å². The van der Waals surface area contributed by atoms with E-state index in [2.05, 4.69) is 27.9 Å². The van der Waals surface area contributed by atoms with E-state index in [1.165, 1.54) is 0 Å². The van der Waals surface area contributed by atoms with E-state index in [9.17, 15) is 10.4 Å². The molecule has 0 aliphatic heterocycles. The van der Waals surface area contributed by atoms with Crippen molar-refractivity contribution in [1.82, 2.24) is 15.1 Å². The molecule has 1 aromatic heterocycles. The molecular weight excluding hydrogens is 410 g/mol. The van der Waals surface area contributed by atoms with Crippen LogP contribution in [0.15, 0.2) is 66.7 Å². The maximum atomic E-state index is 11.6. The molecule has 2 atom stereocenters. The van der Waals surface area contributed by atoms with Crippen LogP contribution >= 0.6 is 12.2 Å². The van der Waals surface area contributed by atoms with Crippen molar-refractivity contribution in [3.63, 3.8) is 0 Å². The minimum absolute atomic E-state index is 0.109. The number of hydrogen-bond acceptors (Lipinski definition) is 5. The minimum Gasteiger partial charge on any atom is -0.733 e. The van der Waals surface area contributed by atoms with Gasteiger partial charge in [-0.25, -0.2) is 4.68 Å². The van der Waals surface area contributed by atoms with Gasteiger partial charge in [-0.05, 0) is 56.8 Å². The van der Waals surface area contributed by atoms with Crippen molar-refractivity contribution >= 4 is 28.7 Å². The molecule has 31 heavy (non-hydrogen) atoms. The van der Waals surface area contributed by atoms with E-state index in [1.807, 2.05) is 50.2 Å². The second kappa shape index (κ2) is 8.89. The molecule has 0 amide bonds. The molecule has 3 aromatic rings. The molecule has 160 valence electrons. The fourth-order valence-corrected chi connectivity index (χ4v) is 4.38. The van der Waals surface area contributed by atoms with Gasteiger partial charge < -0.3 is 21.1 Å². The lowest BCUT2D eigenvalue weighted by Crippen LogP contribution is -2.35. The summed E-state index contributed by atoms with van der Waals surface area (Å²) >= 11 is 5.46. The third kappa shape index (κ3) is 4.46. The Morgan fingerprint density at radius 3 is 2.58 bits per heavy atom. The molecule has 1 aliphatic rings. The molecule has 0 fully saturated rings. The third-order valence-electron chi connectivity index (χ3n) is 5.47. The van der Waals surface area contributed by atoms with Crippen LogP contribution < -0.4 is 15.9 Å². The summed E-state index contributed by atoms with van der Waals surface area (Å²) in [6.07, 6.45) is 5.14. The lowest BCUT2D eigenvalue weighted by molar-refractivity contribution is 0.296. The Kier molecular flexibility index (Phi) is 6.03. The first-order valence-electron chi connectivity index (χ1n) is 10.1. The number of aromatic nitrogens is 2. The van der Waals surface area contributed by atoms with Gasteiger partial charge in [0.2, 0.25) is 0 Å². The van der Waals surface area contributed by atoms with Gasteiger partial charge in [0.05, 0.1) is 17.1 Å². The van der Waals surface area contributed by atoms with Crippen molar-refractivity contribution in [1.29, 1.82) is 0 Å². The summed E-state index contributed by atoms with van der Waals surface area (Å²) < 4.78 is 1.72. The molecule has 2 aromatic carbocycles. The number of thiocarbonyl (C=S) groups is 1. The number of allylic oxidation sites excluding steroid dienone is 1. The normalized spacial score (nSPS) is 17.5. The van der Waals surface area contributed by atoms with Crippen LogP contribution in [0.2, 0.25) is 0 Å². The Morgan fingerprint density at radius 2 is 1.84 bits per heavy atom. The van der Waals surface area contributed by atoms with Crippen molar-refractivity contribution < 1.29 is 5.21 Å². The smallest absolute Gasteiger partial charge is 0.171 e. The molecule has 7 nitrogen and oxygen atoms in total. The summed E-state index contributed by atoms with van der Waals surface area (Å²) in [7, 11) is 0. The Labute approximate surface area is 186 Å². The number of rotatable bonds is 5. The molecule has 0 saturated carbocycles. The topological polar surface area (TPSA) is 88.4 Å². The summed E-state index contributed by atoms with van der Waals surface area (Å²) in [6, 6.07) is 16.8. The zero-order valence-electron chi connectivity index (χ0n) is 17.3. The van der Waals surface area contributed by atoms with E-state index in [4.69, 9.17) is 12.2 Å². The van der Waals surface area contributed by atoms with E-state index in [0.717, 1.165) is 29.1 Å². The van der Waals surface area contributed by atoms with Gasteiger partial charge in [-0.3, -0.25) is 5.21 Å². The van der Waals surface area contributed by atoms with Crippen molar-refractivity contribution in [3.05, 3.63) is 88.9 Å². The van der Waals surface area contributed by atoms with Gasteiger partial charge in [-0.15, -0.1) is 0 Å². The van der Waals surface area contributed by atoms with Crippen LogP contribution in [0.3, 0.4) is 0 Å². The molecule has 0 radical (unpaired) electrons. The number of aryl methyl sites for hydroxylation is 1. The summed E-state index contributed by atoms with van der Waals surface area (Å²) in [5.74, 6) is 0.176. The Balaban J connectivity index is 1.49. The van der Waals surface area contributed by atoms with Gasteiger partial charge in [0.1, 0.15) is 0 Å². The highest BCUT2D eigenvalue weighted by Gasteiger charge is 2.27. The predicted octanol–water partition coefficient (Wildman–Crippen LogP) is 4.58. The van der Waals surface area contributed by atoms with Crippen molar-refractivity contribution in [3.8, 4) is 5.69 Å². The molecule has 0 saturated heterocycles. The van der Waals surface area contributed by atoms with Crippen LogP contribution in [-0.4, -0.2) is 26.1 Å². The molecule has 4 rings (SSSR count). The fourth-order valence-electron chi connectivity index (χ4n) is 4.11. The van der Waals surface area contributed by atoms with E-state index >= 15 is 0 Å². The monoisotopic (exact) mass is 434 g/mol. The van der Waals surface area contributed by atoms with E-state index in [1.54, 1.807) is 22.9 Å². The van der Waals surface area contributed by atoms with Gasteiger partial charge in [-0.1, -0.05) is 42.5 Å². The van der Waals surface area contributed by atoms with Crippen LogP contribution in [-0.2, 0) is 0 Å². The van der Waals surface area contributed by atoms with Gasteiger partial charge in [0.15, 0.2) is 5.11 Å². The molecule has 1 heterocycles. The van der Waals surface area contributed by atoms with E-state index < -0.39 is 0 Å². The Morgan fingerprint density at radius 1 is 1.13 bits per heavy atom. The Bertz CT molecular complexity index is 1110. The predicted molar refractivity (Wildman–Crippen MR) is 127 cm³/mol. The summed E-state index contributed by atoms with van der Waals surface area (Å²) in [5.41, 5.74) is 4.58. The second-order valence-corrected chi connectivity index (χ2v) is 7.96. The third-order valence-corrected chi connectivity index (χ3v) is 5.69. The molecule has 0 bridgehead atoms. The number of benzene rings is 2. The standard InChI is InChI=1S/C23H24N5O2S/c1-15-22(16(2)27(26-15)20-10-6-7-11-21(20)28(29)30)17-12-13-19(14-17)25-23(31)24-18-8-4-3-5-9-18/h3-13,17,19,29H,14H2,1-2H3,(H2,24,25,31)/q-1/t17-,19+/m0/s1. The number of nitrogens with zero attached hydrogens (tertiary/aromatic N) is 3. The number of para-hydroxylation sites is 3. The largest absolute Gasteiger partial charge is 0.733 e. The quantitative estimate of drug-likeness (QED) is 0.308. The summed E-state index contributed by atoms with van der Waals surface area (Å²) in [5, 5.41) is 32.7. The summed E-state index contributed by atoms with van der Waals surface area (Å²) in [6.45, 7) is 3.94. The van der Waals surface area contributed by atoms with Crippen LogP contribution in [0.25, 0.3) is 5.69 Å². The zero-order chi connectivity index (χ0) is 22.0. The van der Waals surface area contributed by atoms with Gasteiger partial charge in [0.25, 0.3) is 0 Å². The first-order valence-corrected chi connectivity index (χ1v) is 10.5. The lowest BCUT2D eigenvalue weighted by Gasteiger charge is -2.24. The molecular formula is C23H24N5O2S-. The molecule has 8 heteroatoms. The fraction of sp³-hybridized carbons (Fsp3) is 0.217. The van der Waals surface area contributed by atoms with Crippen LogP contribution in [0, 0.1) is 19.1 Å².